The predicted molar refractivity (Wildman–Crippen MR) is 140 cm³/mol. The first-order chi connectivity index (χ1) is 16.9. The van der Waals surface area contributed by atoms with Gasteiger partial charge in [0, 0.05) is 40.3 Å². The molecule has 0 atom stereocenters. The molecule has 2 rings (SSSR count). The number of amides is 2. The van der Waals surface area contributed by atoms with Crippen LogP contribution in [0.1, 0.15) is 22.3 Å². The van der Waals surface area contributed by atoms with Gasteiger partial charge < -0.3 is 19.9 Å². The zero-order valence-electron chi connectivity index (χ0n) is 22.3. The van der Waals surface area contributed by atoms with Gasteiger partial charge in [-0.3, -0.25) is 9.59 Å². The molecule has 0 bridgehead atoms. The van der Waals surface area contributed by atoms with Crippen LogP contribution in [0, 0.1) is 13.8 Å². The number of ether oxygens (including phenoxy) is 1. The molecule has 0 spiro atoms. The maximum atomic E-state index is 13.1. The van der Waals surface area contributed by atoms with Crippen molar-refractivity contribution in [3.05, 3.63) is 58.7 Å². The highest BCUT2D eigenvalue weighted by atomic mass is 32.2. The van der Waals surface area contributed by atoms with E-state index in [1.54, 1.807) is 33.0 Å². The molecular formula is C26H38N4O5S. The van der Waals surface area contributed by atoms with Gasteiger partial charge in [0.25, 0.3) is 0 Å². The second kappa shape index (κ2) is 12.8. The maximum absolute atomic E-state index is 13.1. The van der Waals surface area contributed by atoms with Crippen LogP contribution in [0.3, 0.4) is 0 Å². The second-order valence-electron chi connectivity index (χ2n) is 9.20. The third kappa shape index (κ3) is 7.78. The molecule has 0 saturated carbocycles. The van der Waals surface area contributed by atoms with Crippen LogP contribution in [0.15, 0.2) is 41.3 Å². The Morgan fingerprint density at radius 1 is 0.917 bits per heavy atom. The number of carbonyl (C=O) groups is 2. The number of nitrogens with zero attached hydrogens (tertiary/aromatic N) is 3. The molecule has 0 saturated heterocycles. The van der Waals surface area contributed by atoms with Gasteiger partial charge in [0.2, 0.25) is 10.0 Å². The molecule has 36 heavy (non-hydrogen) atoms. The molecule has 2 aromatic carbocycles. The van der Waals surface area contributed by atoms with Crippen molar-refractivity contribution in [2.24, 2.45) is 0 Å². The number of likely N-dealkylation sites (N-methyl/N-ethyl adjacent to an activating group) is 3. The Hall–Kier alpha value is -2.95. The van der Waals surface area contributed by atoms with Crippen LogP contribution in [-0.2, 0) is 32.6 Å². The lowest BCUT2D eigenvalue weighted by Crippen LogP contribution is -2.43. The molecule has 2 aromatic rings. The fraction of sp³-hybridized carbons (Fsp3) is 0.462. The minimum absolute atomic E-state index is 0.00294. The Bertz CT molecular complexity index is 1140. The van der Waals surface area contributed by atoms with Crippen LogP contribution < -0.4 is 10.1 Å². The fourth-order valence-corrected chi connectivity index (χ4v) is 5.37. The smallest absolute Gasteiger partial charge is 0.311 e. The van der Waals surface area contributed by atoms with E-state index in [0.717, 1.165) is 18.5 Å². The fourth-order valence-electron chi connectivity index (χ4n) is 3.80. The van der Waals surface area contributed by atoms with E-state index in [9.17, 15) is 18.0 Å². The zero-order chi connectivity index (χ0) is 27.0. The van der Waals surface area contributed by atoms with Crippen molar-refractivity contribution < 1.29 is 22.7 Å². The van der Waals surface area contributed by atoms with E-state index in [2.05, 4.69) is 10.2 Å². The molecule has 0 fully saturated rings. The van der Waals surface area contributed by atoms with Crippen molar-refractivity contribution >= 4 is 21.8 Å². The van der Waals surface area contributed by atoms with E-state index in [1.807, 2.05) is 38.4 Å². The molecule has 0 unspecified atom stereocenters. The summed E-state index contributed by atoms with van der Waals surface area (Å²) in [6.45, 7) is 4.69. The predicted octanol–water partition coefficient (Wildman–Crippen LogP) is 1.81. The lowest BCUT2D eigenvalue weighted by Gasteiger charge is -2.21. The highest BCUT2D eigenvalue weighted by molar-refractivity contribution is 7.89. The van der Waals surface area contributed by atoms with Crippen LogP contribution in [0.2, 0.25) is 0 Å². The summed E-state index contributed by atoms with van der Waals surface area (Å²) < 4.78 is 32.5. The number of benzene rings is 2. The first kappa shape index (κ1) is 29.3. The number of rotatable bonds is 11. The third-order valence-corrected chi connectivity index (χ3v) is 8.04. The molecular weight excluding hydrogens is 480 g/mol. The average molecular weight is 519 g/mol. The number of carbonyl (C=O) groups excluding carboxylic acids is 2. The van der Waals surface area contributed by atoms with Crippen LogP contribution in [0.5, 0.6) is 5.75 Å². The van der Waals surface area contributed by atoms with Crippen LogP contribution in [0.25, 0.3) is 0 Å². The van der Waals surface area contributed by atoms with Crippen molar-refractivity contribution in [1.29, 1.82) is 0 Å². The molecule has 1 N–H and O–H groups in total. The summed E-state index contributed by atoms with van der Waals surface area (Å²) in [7, 11) is 4.81. The van der Waals surface area contributed by atoms with E-state index in [1.165, 1.54) is 28.9 Å². The number of hydrogen-bond donors (Lipinski definition) is 1. The quantitative estimate of drug-likeness (QED) is 0.456. The summed E-state index contributed by atoms with van der Waals surface area (Å²) in [5, 5.41) is 2.53. The largest absolute Gasteiger partial charge is 0.497 e. The highest BCUT2D eigenvalue weighted by Crippen LogP contribution is 2.27. The van der Waals surface area contributed by atoms with Crippen LogP contribution >= 0.6 is 0 Å². The lowest BCUT2D eigenvalue weighted by atomic mass is 10.1. The van der Waals surface area contributed by atoms with Gasteiger partial charge in [-0.1, -0.05) is 24.3 Å². The number of nitrogens with one attached hydrogen (secondary N) is 1. The topological polar surface area (TPSA) is 99.3 Å². The Morgan fingerprint density at radius 3 is 2.00 bits per heavy atom. The van der Waals surface area contributed by atoms with Gasteiger partial charge in [0.15, 0.2) is 0 Å². The molecule has 0 aliphatic rings. The summed E-state index contributed by atoms with van der Waals surface area (Å²) in [6, 6.07) is 11.3. The van der Waals surface area contributed by atoms with E-state index in [0.29, 0.717) is 23.4 Å². The van der Waals surface area contributed by atoms with Crippen molar-refractivity contribution in [2.75, 3.05) is 54.9 Å². The Balaban J connectivity index is 1.90. The molecule has 0 aromatic heterocycles. The number of methoxy groups -OCH3 is 1. The lowest BCUT2D eigenvalue weighted by molar-refractivity contribution is -0.145. The molecule has 9 nitrogen and oxygen atoms in total. The highest BCUT2D eigenvalue weighted by Gasteiger charge is 2.26. The van der Waals surface area contributed by atoms with E-state index in [-0.39, 0.29) is 18.0 Å². The maximum Gasteiger partial charge on any atom is 0.311 e. The van der Waals surface area contributed by atoms with Crippen LogP contribution in [0.4, 0.5) is 0 Å². The van der Waals surface area contributed by atoms with Crippen molar-refractivity contribution in [2.45, 2.75) is 31.7 Å². The average Bonchev–Trinajstić information content (AvgIpc) is 2.82. The Morgan fingerprint density at radius 2 is 1.47 bits per heavy atom. The standard InChI is InChI=1S/C26H38N4O5S/c1-19-16-23(35-7)17-20(2)24(19)36(33,34)30(6)15-13-27-25(31)26(32)29(5)18-22-10-8-21(9-11-22)12-14-28(3)4/h8-11,16-17H,12-15,18H2,1-7H3,(H,27,31). The van der Waals surface area contributed by atoms with E-state index < -0.39 is 21.8 Å². The van der Waals surface area contributed by atoms with Gasteiger partial charge in [-0.25, -0.2) is 8.42 Å². The molecule has 2 amide bonds. The Labute approximate surface area is 215 Å². The normalized spacial score (nSPS) is 11.6. The van der Waals surface area contributed by atoms with Gasteiger partial charge in [-0.15, -0.1) is 0 Å². The van der Waals surface area contributed by atoms with E-state index >= 15 is 0 Å². The number of sulfonamides is 1. The SMILES string of the molecule is COc1cc(C)c(S(=O)(=O)N(C)CCNC(=O)C(=O)N(C)Cc2ccc(CCN(C)C)cc2)c(C)c1. The van der Waals surface area contributed by atoms with Crippen molar-refractivity contribution in [3.8, 4) is 5.75 Å². The second-order valence-corrected chi connectivity index (χ2v) is 11.2. The summed E-state index contributed by atoms with van der Waals surface area (Å²) in [6.07, 6.45) is 0.937. The molecule has 10 heteroatoms. The molecule has 0 heterocycles. The van der Waals surface area contributed by atoms with Gasteiger partial charge in [0.1, 0.15) is 5.75 Å². The third-order valence-electron chi connectivity index (χ3n) is 5.88. The number of hydrogen-bond acceptors (Lipinski definition) is 6. The molecule has 198 valence electrons. The van der Waals surface area contributed by atoms with Crippen LogP contribution in [-0.4, -0.2) is 89.3 Å². The minimum atomic E-state index is -3.78. The monoisotopic (exact) mass is 518 g/mol. The first-order valence-corrected chi connectivity index (χ1v) is 13.2. The van der Waals surface area contributed by atoms with Gasteiger partial charge in [-0.2, -0.15) is 4.31 Å². The summed E-state index contributed by atoms with van der Waals surface area (Å²) in [4.78, 5) is 28.5. The summed E-state index contributed by atoms with van der Waals surface area (Å²) in [5.41, 5.74) is 3.28. The number of aryl methyl sites for hydroxylation is 2. The molecule has 0 aliphatic carbocycles. The molecule has 0 radical (unpaired) electrons. The first-order valence-electron chi connectivity index (χ1n) is 11.7. The molecule has 0 aliphatic heterocycles. The summed E-state index contributed by atoms with van der Waals surface area (Å²) in [5.74, 6) is -0.872. The van der Waals surface area contributed by atoms with E-state index in [4.69, 9.17) is 4.74 Å². The minimum Gasteiger partial charge on any atom is -0.497 e. The summed E-state index contributed by atoms with van der Waals surface area (Å²) >= 11 is 0. The Kier molecular flexibility index (Phi) is 10.4. The van der Waals surface area contributed by atoms with Gasteiger partial charge in [0.05, 0.1) is 12.0 Å². The zero-order valence-corrected chi connectivity index (χ0v) is 23.1. The van der Waals surface area contributed by atoms with Gasteiger partial charge >= 0.3 is 11.8 Å². The van der Waals surface area contributed by atoms with Crippen molar-refractivity contribution in [3.63, 3.8) is 0 Å². The van der Waals surface area contributed by atoms with Gasteiger partial charge in [-0.05, 0) is 68.8 Å². The van der Waals surface area contributed by atoms with Crippen molar-refractivity contribution in [1.82, 2.24) is 19.4 Å².